The van der Waals surface area contributed by atoms with Crippen molar-refractivity contribution >= 4 is 34.5 Å². The zero-order valence-corrected chi connectivity index (χ0v) is 12.8. The standard InChI is InChI=1S/C15H13ClN4O2/c1-20-12-6-5-9(16)8-11(12)18-15(20)19-13(21)10-4-3-7-17-14(10)22-2/h3-8H,1-2H3,(H,18,19,21). The minimum atomic E-state index is -0.338. The molecule has 1 N–H and O–H groups in total. The molecule has 0 atom stereocenters. The number of amides is 1. The van der Waals surface area contributed by atoms with Crippen LogP contribution < -0.4 is 10.1 Å². The Hall–Kier alpha value is -2.60. The molecule has 22 heavy (non-hydrogen) atoms. The van der Waals surface area contributed by atoms with Crippen LogP contribution in [-0.4, -0.2) is 27.6 Å². The van der Waals surface area contributed by atoms with Gasteiger partial charge in [0.15, 0.2) is 0 Å². The van der Waals surface area contributed by atoms with Gasteiger partial charge in [0, 0.05) is 18.3 Å². The van der Waals surface area contributed by atoms with Gasteiger partial charge in [-0.15, -0.1) is 0 Å². The number of carbonyl (C=O) groups excluding carboxylic acids is 1. The van der Waals surface area contributed by atoms with Crippen molar-refractivity contribution in [3.05, 3.63) is 47.1 Å². The highest BCUT2D eigenvalue weighted by Gasteiger charge is 2.16. The summed E-state index contributed by atoms with van der Waals surface area (Å²) in [4.78, 5) is 20.8. The number of methoxy groups -OCH3 is 1. The predicted octanol–water partition coefficient (Wildman–Crippen LogP) is 2.88. The molecular weight excluding hydrogens is 304 g/mol. The van der Waals surface area contributed by atoms with Crippen molar-refractivity contribution in [1.29, 1.82) is 0 Å². The molecule has 0 radical (unpaired) electrons. The highest BCUT2D eigenvalue weighted by molar-refractivity contribution is 6.31. The van der Waals surface area contributed by atoms with Gasteiger partial charge in [-0.2, -0.15) is 0 Å². The maximum Gasteiger partial charge on any atom is 0.263 e. The van der Waals surface area contributed by atoms with Crippen LogP contribution in [0.4, 0.5) is 5.95 Å². The third-order valence-corrected chi connectivity index (χ3v) is 3.51. The fraction of sp³-hybridized carbons (Fsp3) is 0.133. The van der Waals surface area contributed by atoms with E-state index in [1.54, 1.807) is 35.0 Å². The fourth-order valence-corrected chi connectivity index (χ4v) is 2.35. The molecule has 0 saturated heterocycles. The van der Waals surface area contributed by atoms with E-state index < -0.39 is 0 Å². The van der Waals surface area contributed by atoms with E-state index in [-0.39, 0.29) is 11.8 Å². The smallest absolute Gasteiger partial charge is 0.263 e. The number of nitrogens with zero attached hydrogens (tertiary/aromatic N) is 3. The minimum absolute atomic E-state index is 0.266. The summed E-state index contributed by atoms with van der Waals surface area (Å²) in [6, 6.07) is 8.69. The van der Waals surface area contributed by atoms with Crippen molar-refractivity contribution in [2.24, 2.45) is 7.05 Å². The lowest BCUT2D eigenvalue weighted by Gasteiger charge is -2.07. The minimum Gasteiger partial charge on any atom is -0.480 e. The number of carbonyl (C=O) groups is 1. The second-order valence-electron chi connectivity index (χ2n) is 4.64. The van der Waals surface area contributed by atoms with Crippen molar-refractivity contribution in [2.75, 3.05) is 12.4 Å². The molecule has 2 aromatic heterocycles. The monoisotopic (exact) mass is 316 g/mol. The molecule has 3 rings (SSSR count). The maximum absolute atomic E-state index is 12.4. The van der Waals surface area contributed by atoms with Crippen LogP contribution in [0.5, 0.6) is 5.88 Å². The first-order chi connectivity index (χ1) is 10.6. The Balaban J connectivity index is 1.96. The average Bonchev–Trinajstić information content (AvgIpc) is 2.82. The summed E-state index contributed by atoms with van der Waals surface area (Å²) in [5, 5.41) is 3.35. The van der Waals surface area contributed by atoms with Crippen molar-refractivity contribution < 1.29 is 9.53 Å². The molecule has 0 bridgehead atoms. The number of aryl methyl sites for hydroxylation is 1. The number of halogens is 1. The van der Waals surface area contributed by atoms with Crippen LogP contribution in [0.15, 0.2) is 36.5 Å². The first-order valence-electron chi connectivity index (χ1n) is 6.52. The van der Waals surface area contributed by atoms with Gasteiger partial charge in [-0.3, -0.25) is 10.1 Å². The molecule has 0 aliphatic rings. The Bertz CT molecular complexity index is 860. The normalized spacial score (nSPS) is 10.7. The lowest BCUT2D eigenvalue weighted by Crippen LogP contribution is -2.16. The highest BCUT2D eigenvalue weighted by atomic mass is 35.5. The van der Waals surface area contributed by atoms with Gasteiger partial charge in [-0.05, 0) is 30.3 Å². The third kappa shape index (κ3) is 2.48. The summed E-state index contributed by atoms with van der Waals surface area (Å²) < 4.78 is 6.88. The molecule has 0 unspecified atom stereocenters. The number of hydrogen-bond acceptors (Lipinski definition) is 4. The van der Waals surface area contributed by atoms with Crippen LogP contribution in [0, 0.1) is 0 Å². The van der Waals surface area contributed by atoms with Gasteiger partial charge in [0.1, 0.15) is 5.56 Å². The maximum atomic E-state index is 12.4. The Kier molecular flexibility index (Phi) is 3.68. The van der Waals surface area contributed by atoms with Crippen molar-refractivity contribution in [1.82, 2.24) is 14.5 Å². The average molecular weight is 317 g/mol. The fourth-order valence-electron chi connectivity index (χ4n) is 2.18. The van der Waals surface area contributed by atoms with Gasteiger partial charge in [-0.25, -0.2) is 9.97 Å². The zero-order valence-electron chi connectivity index (χ0n) is 12.0. The van der Waals surface area contributed by atoms with Crippen LogP contribution in [0.1, 0.15) is 10.4 Å². The topological polar surface area (TPSA) is 69.0 Å². The summed E-state index contributed by atoms with van der Waals surface area (Å²) in [7, 11) is 3.29. The van der Waals surface area contributed by atoms with Gasteiger partial charge in [0.2, 0.25) is 11.8 Å². The number of hydrogen-bond donors (Lipinski definition) is 1. The molecule has 7 heteroatoms. The Morgan fingerprint density at radius 3 is 2.95 bits per heavy atom. The molecule has 0 saturated carbocycles. The molecule has 1 amide bonds. The molecular formula is C15H13ClN4O2. The number of pyridine rings is 1. The van der Waals surface area contributed by atoms with E-state index in [1.165, 1.54) is 7.11 Å². The Morgan fingerprint density at radius 2 is 2.18 bits per heavy atom. The zero-order chi connectivity index (χ0) is 15.7. The van der Waals surface area contributed by atoms with E-state index in [0.717, 1.165) is 5.52 Å². The van der Waals surface area contributed by atoms with E-state index in [9.17, 15) is 4.79 Å². The number of anilines is 1. The van der Waals surface area contributed by atoms with Gasteiger partial charge < -0.3 is 9.30 Å². The Morgan fingerprint density at radius 1 is 1.36 bits per heavy atom. The lowest BCUT2D eigenvalue weighted by atomic mass is 10.2. The third-order valence-electron chi connectivity index (χ3n) is 3.28. The van der Waals surface area contributed by atoms with E-state index >= 15 is 0 Å². The molecule has 2 heterocycles. The molecule has 1 aromatic carbocycles. The number of imidazole rings is 1. The first-order valence-corrected chi connectivity index (χ1v) is 6.90. The second kappa shape index (κ2) is 5.65. The van der Waals surface area contributed by atoms with Crippen LogP contribution in [0.25, 0.3) is 11.0 Å². The number of ether oxygens (including phenoxy) is 1. The molecule has 6 nitrogen and oxygen atoms in total. The number of benzene rings is 1. The molecule has 3 aromatic rings. The largest absolute Gasteiger partial charge is 0.480 e. The van der Waals surface area contributed by atoms with Crippen LogP contribution in [0.2, 0.25) is 5.02 Å². The summed E-state index contributed by atoms with van der Waals surface area (Å²) in [5.41, 5.74) is 1.93. The molecule has 0 aliphatic heterocycles. The molecule has 0 fully saturated rings. The van der Waals surface area contributed by atoms with Gasteiger partial charge >= 0.3 is 0 Å². The molecule has 0 aliphatic carbocycles. The van der Waals surface area contributed by atoms with Gasteiger partial charge in [-0.1, -0.05) is 11.6 Å². The first kappa shape index (κ1) is 14.3. The van der Waals surface area contributed by atoms with E-state index in [2.05, 4.69) is 15.3 Å². The van der Waals surface area contributed by atoms with Crippen LogP contribution in [-0.2, 0) is 7.05 Å². The van der Waals surface area contributed by atoms with E-state index in [0.29, 0.717) is 22.1 Å². The molecule has 0 spiro atoms. The van der Waals surface area contributed by atoms with Crippen LogP contribution in [0.3, 0.4) is 0 Å². The Labute approximate surface area is 131 Å². The van der Waals surface area contributed by atoms with E-state index in [1.807, 2.05) is 13.1 Å². The van der Waals surface area contributed by atoms with Gasteiger partial charge in [0.25, 0.3) is 5.91 Å². The summed E-state index contributed by atoms with van der Waals surface area (Å²) >= 11 is 5.96. The SMILES string of the molecule is COc1ncccc1C(=O)Nc1nc2cc(Cl)ccc2n1C. The van der Waals surface area contributed by atoms with Crippen LogP contribution >= 0.6 is 11.6 Å². The second-order valence-corrected chi connectivity index (χ2v) is 5.08. The lowest BCUT2D eigenvalue weighted by molar-refractivity contribution is 0.102. The van der Waals surface area contributed by atoms with E-state index in [4.69, 9.17) is 16.3 Å². The van der Waals surface area contributed by atoms with Crippen molar-refractivity contribution in [3.63, 3.8) is 0 Å². The van der Waals surface area contributed by atoms with Crippen molar-refractivity contribution in [3.8, 4) is 5.88 Å². The number of nitrogens with one attached hydrogen (secondary N) is 1. The quantitative estimate of drug-likeness (QED) is 0.806. The van der Waals surface area contributed by atoms with Crippen molar-refractivity contribution in [2.45, 2.75) is 0 Å². The number of rotatable bonds is 3. The number of fused-ring (bicyclic) bond motifs is 1. The van der Waals surface area contributed by atoms with Gasteiger partial charge in [0.05, 0.1) is 18.1 Å². The summed E-state index contributed by atoms with van der Waals surface area (Å²) in [6.07, 6.45) is 1.56. The number of aromatic nitrogens is 3. The summed E-state index contributed by atoms with van der Waals surface area (Å²) in [6.45, 7) is 0. The summed E-state index contributed by atoms with van der Waals surface area (Å²) in [5.74, 6) is 0.351. The highest BCUT2D eigenvalue weighted by Crippen LogP contribution is 2.23. The predicted molar refractivity (Wildman–Crippen MR) is 84.5 cm³/mol. The molecule has 112 valence electrons.